The van der Waals surface area contributed by atoms with Gasteiger partial charge in [-0.25, -0.2) is 0 Å². The highest BCUT2D eigenvalue weighted by atomic mass is 31.2. The number of rotatable bonds is 15. The van der Waals surface area contributed by atoms with Gasteiger partial charge in [0.1, 0.15) is 14.3 Å². The van der Waals surface area contributed by atoms with Crippen molar-refractivity contribution in [2.24, 2.45) is 0 Å². The fourth-order valence-electron chi connectivity index (χ4n) is 5.35. The van der Waals surface area contributed by atoms with E-state index in [0.717, 1.165) is 98.8 Å². The number of epoxide rings is 6. The van der Waals surface area contributed by atoms with Crippen molar-refractivity contribution in [3.63, 3.8) is 0 Å². The SMILES string of the molecule is CCc1c(Op2npn(CC3CO3)p(CC3CO3)n2CC2CO2)cc(CC2CO2)c(CC2CO2)c1CC1CO1. The van der Waals surface area contributed by atoms with Gasteiger partial charge in [0.2, 0.25) is 0 Å². The van der Waals surface area contributed by atoms with Crippen LogP contribution in [0, 0.1) is 0 Å². The number of aromatic nitrogens is 3. The van der Waals surface area contributed by atoms with Gasteiger partial charge in [-0.3, -0.25) is 8.18 Å². The van der Waals surface area contributed by atoms with Gasteiger partial charge in [0, 0.05) is 33.3 Å². The van der Waals surface area contributed by atoms with Crippen molar-refractivity contribution in [2.75, 3.05) is 39.6 Å². The van der Waals surface area contributed by atoms with Crippen LogP contribution < -0.4 is 4.52 Å². The average Bonchev–Trinajstić information content (AvgIpc) is 3.72. The van der Waals surface area contributed by atoms with E-state index in [2.05, 4.69) is 21.2 Å². The minimum absolute atomic E-state index is 0.268. The molecule has 6 saturated heterocycles. The molecule has 8 rings (SSSR count). The Balaban J connectivity index is 1.20. The van der Waals surface area contributed by atoms with Crippen molar-refractivity contribution in [3.8, 4) is 5.75 Å². The topological polar surface area (TPSA) is 107 Å². The Morgan fingerprint density at radius 1 is 0.795 bits per heavy atom. The molecule has 7 heterocycles. The molecule has 8 atom stereocenters. The fourth-order valence-corrected chi connectivity index (χ4v) is 12.5. The van der Waals surface area contributed by atoms with Crippen molar-refractivity contribution in [1.82, 2.24) is 12.7 Å². The van der Waals surface area contributed by atoms with E-state index in [1.165, 1.54) is 22.3 Å². The molecule has 6 aliphatic heterocycles. The molecule has 2 aromatic rings. The molecule has 0 amide bonds. The lowest BCUT2D eigenvalue weighted by Crippen LogP contribution is -2.14. The van der Waals surface area contributed by atoms with Crippen LogP contribution in [-0.2, 0) is 73.4 Å². The minimum atomic E-state index is -1.18. The molecular weight excluding hydrogens is 559 g/mol. The molecule has 212 valence electrons. The van der Waals surface area contributed by atoms with Gasteiger partial charge in [0.05, 0.1) is 89.4 Å². The van der Waals surface area contributed by atoms with Gasteiger partial charge < -0.3 is 32.9 Å². The quantitative estimate of drug-likeness (QED) is 0.287. The molecule has 0 N–H and O–H groups in total. The van der Waals surface area contributed by atoms with Gasteiger partial charge in [-0.15, -0.1) is 4.51 Å². The molecule has 13 heteroatoms. The standard InChI is InChI=1S/C26H36N3O7P3/c1-2-23-25(6-19-11-32-19)24(5-18-10-31-18)16(3-17-9-30-17)4-26(23)36-39-27-37-28(7-20-12-33-20)38(15-22-14-35-22)29(39)8-21-13-34-21/h4,17-22H,2-3,5-15H2,1H3. The summed E-state index contributed by atoms with van der Waals surface area (Å²) in [6.45, 7) is 9.10. The van der Waals surface area contributed by atoms with Crippen molar-refractivity contribution < 1.29 is 32.9 Å². The van der Waals surface area contributed by atoms with Crippen molar-refractivity contribution in [3.05, 3.63) is 28.3 Å². The van der Waals surface area contributed by atoms with Gasteiger partial charge in [0.15, 0.2) is 0 Å². The number of hydrogen-bond acceptors (Lipinski definition) is 8. The van der Waals surface area contributed by atoms with E-state index in [1.54, 1.807) is 0 Å². The second-order valence-corrected chi connectivity index (χ2v) is 16.6. The zero-order valence-electron chi connectivity index (χ0n) is 22.3. The van der Waals surface area contributed by atoms with Crippen LogP contribution in [-0.4, -0.2) is 89.0 Å². The predicted molar refractivity (Wildman–Crippen MR) is 147 cm³/mol. The summed E-state index contributed by atoms with van der Waals surface area (Å²) < 4.78 is 51.3. The summed E-state index contributed by atoms with van der Waals surface area (Å²) in [6, 6.07) is 2.31. The third-order valence-corrected chi connectivity index (χ3v) is 14.3. The lowest BCUT2D eigenvalue weighted by atomic mass is 9.87. The molecule has 0 aliphatic carbocycles. The Hall–Kier alpha value is -0.920. The summed E-state index contributed by atoms with van der Waals surface area (Å²) in [6.07, 6.45) is 6.66. The van der Waals surface area contributed by atoms with Crippen molar-refractivity contribution >= 4 is 24.4 Å². The van der Waals surface area contributed by atoms with E-state index in [9.17, 15) is 0 Å². The first-order chi connectivity index (χ1) is 19.2. The Kier molecular flexibility index (Phi) is 7.09. The number of nitrogens with zero attached hydrogens (tertiary/aromatic N) is 3. The Labute approximate surface area is 232 Å². The molecule has 6 aliphatic rings. The highest BCUT2D eigenvalue weighted by Crippen LogP contribution is 2.47. The first-order valence-electron chi connectivity index (χ1n) is 14.3. The van der Waals surface area contributed by atoms with E-state index in [-0.39, 0.29) is 6.10 Å². The van der Waals surface area contributed by atoms with Crippen LogP contribution in [0.25, 0.3) is 0 Å². The van der Waals surface area contributed by atoms with Gasteiger partial charge in [-0.2, -0.15) is 0 Å². The maximum absolute atomic E-state index is 7.05. The van der Waals surface area contributed by atoms with Gasteiger partial charge >= 0.3 is 0 Å². The van der Waals surface area contributed by atoms with E-state index >= 15 is 0 Å². The summed E-state index contributed by atoms with van der Waals surface area (Å²) in [5, 5.41) is 0. The molecule has 8 unspecified atom stereocenters. The number of hydrogen-bond donors (Lipinski definition) is 0. The highest BCUT2D eigenvalue weighted by Gasteiger charge is 2.35. The van der Waals surface area contributed by atoms with Crippen LogP contribution in [0.1, 0.15) is 29.2 Å². The van der Waals surface area contributed by atoms with Crippen LogP contribution in [0.4, 0.5) is 0 Å². The van der Waals surface area contributed by atoms with E-state index < -0.39 is 15.9 Å². The van der Waals surface area contributed by atoms with Crippen molar-refractivity contribution in [2.45, 2.75) is 88.5 Å². The Morgan fingerprint density at radius 3 is 2.00 bits per heavy atom. The summed E-state index contributed by atoms with van der Waals surface area (Å²) in [7, 11) is -0.808. The van der Waals surface area contributed by atoms with Crippen LogP contribution in [0.15, 0.2) is 6.07 Å². The van der Waals surface area contributed by atoms with Gasteiger partial charge in [-0.05, 0) is 34.7 Å². The maximum atomic E-state index is 7.05. The largest absolute Gasteiger partial charge is 0.416 e. The normalized spacial score (nSPS) is 32.3. The van der Waals surface area contributed by atoms with E-state index in [1.807, 2.05) is 0 Å². The third-order valence-electron chi connectivity index (χ3n) is 8.03. The Bertz CT molecular complexity index is 1260. The molecule has 39 heavy (non-hydrogen) atoms. The predicted octanol–water partition coefficient (Wildman–Crippen LogP) is 3.79. The second kappa shape index (κ2) is 10.7. The van der Waals surface area contributed by atoms with E-state index in [0.29, 0.717) is 30.5 Å². The molecule has 10 nitrogen and oxygen atoms in total. The maximum Gasteiger partial charge on any atom is 0.266 e. The Morgan fingerprint density at radius 2 is 1.38 bits per heavy atom. The summed E-state index contributed by atoms with van der Waals surface area (Å²) in [4.78, 5) is 0. The zero-order chi connectivity index (χ0) is 25.9. The highest BCUT2D eigenvalue weighted by molar-refractivity contribution is 7.58. The van der Waals surface area contributed by atoms with Crippen molar-refractivity contribution in [1.29, 1.82) is 0 Å². The number of ether oxygens (including phenoxy) is 6. The molecule has 0 spiro atoms. The fraction of sp³-hybridized carbons (Fsp3) is 0.769. The lowest BCUT2D eigenvalue weighted by Gasteiger charge is -2.24. The van der Waals surface area contributed by atoms with Crippen LogP contribution >= 0.6 is 24.4 Å². The zero-order valence-corrected chi connectivity index (χ0v) is 25.0. The monoisotopic (exact) mass is 595 g/mol. The lowest BCUT2D eigenvalue weighted by molar-refractivity contribution is 0.386. The van der Waals surface area contributed by atoms with Gasteiger partial charge in [0.25, 0.3) is 8.08 Å². The molecule has 0 bridgehead atoms. The third kappa shape index (κ3) is 6.45. The molecular formula is C26H36N3O7P3. The van der Waals surface area contributed by atoms with Crippen LogP contribution in [0.5, 0.6) is 5.75 Å². The average molecular weight is 596 g/mol. The summed E-state index contributed by atoms with van der Waals surface area (Å²) in [5.74, 6) is 0.993. The molecule has 0 saturated carbocycles. The smallest absolute Gasteiger partial charge is 0.266 e. The van der Waals surface area contributed by atoms with Gasteiger partial charge in [-0.1, -0.05) is 6.92 Å². The minimum Gasteiger partial charge on any atom is -0.416 e. The molecule has 0 radical (unpaired) electrons. The van der Waals surface area contributed by atoms with Crippen LogP contribution in [0.2, 0.25) is 0 Å². The van der Waals surface area contributed by atoms with Crippen LogP contribution in [0.3, 0.4) is 0 Å². The molecule has 6 fully saturated rings. The first kappa shape index (κ1) is 25.8. The summed E-state index contributed by atoms with van der Waals surface area (Å²) >= 11 is 0. The van der Waals surface area contributed by atoms with E-state index in [4.69, 9.17) is 37.5 Å². The first-order valence-corrected chi connectivity index (χ1v) is 17.7. The second-order valence-electron chi connectivity index (χ2n) is 11.4. The molecule has 1 aromatic carbocycles. The molecule has 1 aromatic heterocycles. The summed E-state index contributed by atoms with van der Waals surface area (Å²) in [5.41, 5.74) is 5.50. The number of benzene rings is 1.